The molecule has 8 heteroatoms. The number of aryl methyl sites for hydroxylation is 1. The van der Waals surface area contributed by atoms with E-state index >= 15 is 0 Å². The van der Waals surface area contributed by atoms with E-state index in [-0.39, 0.29) is 0 Å². The van der Waals surface area contributed by atoms with Gasteiger partial charge in [0.25, 0.3) is 0 Å². The Morgan fingerprint density at radius 2 is 2.00 bits per heavy atom. The molecule has 3 rings (SSSR count). The van der Waals surface area contributed by atoms with E-state index in [4.69, 9.17) is 15.6 Å². The number of nitrogens with zero attached hydrogens (tertiary/aromatic N) is 3. The van der Waals surface area contributed by atoms with Crippen LogP contribution in [-0.4, -0.2) is 48.2 Å². The van der Waals surface area contributed by atoms with Gasteiger partial charge in [-0.2, -0.15) is 4.73 Å². The number of hydrogen-bond donors (Lipinski definition) is 2. The smallest absolute Gasteiger partial charge is 0.152 e. The first-order valence-corrected chi connectivity index (χ1v) is 12.9. The largest absolute Gasteiger partial charge is 0.412 e. The van der Waals surface area contributed by atoms with Gasteiger partial charge < -0.3 is 20.5 Å². The molecule has 0 saturated carbocycles. The molecular formula is C21H32N5O2P. The summed E-state index contributed by atoms with van der Waals surface area (Å²) in [4.78, 5) is 15.5. The van der Waals surface area contributed by atoms with Crippen LogP contribution < -0.4 is 21.2 Å². The van der Waals surface area contributed by atoms with Crippen molar-refractivity contribution in [2.45, 2.75) is 39.0 Å². The number of nitrogens with one attached hydrogen (secondary N) is 1. The summed E-state index contributed by atoms with van der Waals surface area (Å²) in [6, 6.07) is 5.75. The average molecular weight is 417 g/mol. The molecule has 0 bridgehead atoms. The maximum atomic E-state index is 12.5. The molecular weight excluding hydrogens is 385 g/mol. The number of hydrogen-bond acceptors (Lipinski definition) is 6. The zero-order valence-electron chi connectivity index (χ0n) is 17.9. The van der Waals surface area contributed by atoms with Crippen molar-refractivity contribution in [1.29, 1.82) is 0 Å². The molecule has 158 valence electrons. The van der Waals surface area contributed by atoms with Crippen molar-refractivity contribution >= 4 is 40.2 Å². The lowest BCUT2D eigenvalue weighted by atomic mass is 10.2. The van der Waals surface area contributed by atoms with E-state index in [0.29, 0.717) is 17.9 Å². The van der Waals surface area contributed by atoms with Crippen molar-refractivity contribution in [2.75, 3.05) is 39.3 Å². The van der Waals surface area contributed by atoms with Gasteiger partial charge in [-0.15, -0.1) is 0 Å². The lowest BCUT2D eigenvalue weighted by Gasteiger charge is -2.13. The van der Waals surface area contributed by atoms with E-state index in [0.717, 1.165) is 66.2 Å². The second-order valence-electron chi connectivity index (χ2n) is 7.82. The van der Waals surface area contributed by atoms with E-state index in [1.54, 1.807) is 13.3 Å². The summed E-state index contributed by atoms with van der Waals surface area (Å²) in [5.41, 5.74) is 8.50. The number of anilines is 1. The second-order valence-corrected chi connectivity index (χ2v) is 11.0. The number of pyridine rings is 1. The zero-order valence-corrected chi connectivity index (χ0v) is 18.8. The van der Waals surface area contributed by atoms with Crippen molar-refractivity contribution in [2.24, 2.45) is 0 Å². The van der Waals surface area contributed by atoms with Gasteiger partial charge >= 0.3 is 0 Å². The molecule has 3 aromatic rings. The SMILES string of the molecule is CCCCc1nc2c(N)nc3cc(P(C)(C)=O)ccc3c2n1OCCCCNC. The molecule has 0 aliphatic heterocycles. The first-order valence-electron chi connectivity index (χ1n) is 10.3. The van der Waals surface area contributed by atoms with E-state index < -0.39 is 7.14 Å². The topological polar surface area (TPSA) is 95.1 Å². The predicted molar refractivity (Wildman–Crippen MR) is 122 cm³/mol. The van der Waals surface area contributed by atoms with Gasteiger partial charge in [-0.1, -0.05) is 19.4 Å². The van der Waals surface area contributed by atoms with Gasteiger partial charge in [-0.25, -0.2) is 9.97 Å². The second kappa shape index (κ2) is 9.14. The predicted octanol–water partition coefficient (Wildman–Crippen LogP) is 3.19. The van der Waals surface area contributed by atoms with Crippen molar-refractivity contribution in [3.8, 4) is 0 Å². The van der Waals surface area contributed by atoms with Gasteiger partial charge in [0.2, 0.25) is 0 Å². The highest BCUT2D eigenvalue weighted by atomic mass is 31.2. The number of nitrogen functional groups attached to an aromatic ring is 1. The maximum absolute atomic E-state index is 12.5. The molecule has 0 aliphatic carbocycles. The van der Waals surface area contributed by atoms with Crippen LogP contribution in [-0.2, 0) is 11.0 Å². The van der Waals surface area contributed by atoms with Crippen molar-refractivity contribution < 1.29 is 9.40 Å². The van der Waals surface area contributed by atoms with E-state index in [2.05, 4.69) is 17.2 Å². The minimum Gasteiger partial charge on any atom is -0.412 e. The average Bonchev–Trinajstić information content (AvgIpc) is 3.04. The normalized spacial score (nSPS) is 12.1. The third-order valence-corrected chi connectivity index (χ3v) is 6.56. The highest BCUT2D eigenvalue weighted by Crippen LogP contribution is 2.36. The molecule has 0 spiro atoms. The number of aromatic nitrogens is 3. The molecule has 2 aromatic heterocycles. The maximum Gasteiger partial charge on any atom is 0.152 e. The number of rotatable bonds is 10. The van der Waals surface area contributed by atoms with E-state index in [9.17, 15) is 4.57 Å². The van der Waals surface area contributed by atoms with Gasteiger partial charge in [0.1, 0.15) is 30.6 Å². The standard InChI is InChI=1S/C21H32N5O2P/c1-5-6-9-18-25-19-20(26(18)28-13-8-7-12-23-2)16-11-10-15(29(3,4)27)14-17(16)24-21(19)22/h10-11,14,23H,5-9,12-13H2,1-4H3,(H2,22,24). The van der Waals surface area contributed by atoms with Crippen LogP contribution in [0.5, 0.6) is 0 Å². The molecule has 0 atom stereocenters. The molecule has 1 aromatic carbocycles. The summed E-state index contributed by atoms with van der Waals surface area (Å²) in [5, 5.41) is 4.86. The van der Waals surface area contributed by atoms with E-state index in [1.807, 2.05) is 30.0 Å². The molecule has 0 radical (unpaired) electrons. The summed E-state index contributed by atoms with van der Waals surface area (Å²) in [6.07, 6.45) is 4.91. The molecule has 0 saturated heterocycles. The van der Waals surface area contributed by atoms with Gasteiger partial charge in [0.05, 0.1) is 5.52 Å². The Bertz CT molecular complexity index is 1040. The van der Waals surface area contributed by atoms with Gasteiger partial charge in [0.15, 0.2) is 5.82 Å². The highest BCUT2D eigenvalue weighted by molar-refractivity contribution is 7.70. The van der Waals surface area contributed by atoms with Crippen LogP contribution in [0.1, 0.15) is 38.4 Å². The monoisotopic (exact) mass is 417 g/mol. The third-order valence-electron chi connectivity index (χ3n) is 5.04. The van der Waals surface area contributed by atoms with Crippen LogP contribution >= 0.6 is 7.14 Å². The number of fused-ring (bicyclic) bond motifs is 3. The highest BCUT2D eigenvalue weighted by Gasteiger charge is 2.20. The lowest BCUT2D eigenvalue weighted by molar-refractivity contribution is 0.109. The Hall–Kier alpha value is -2.11. The van der Waals surface area contributed by atoms with Crippen LogP contribution in [0.2, 0.25) is 0 Å². The van der Waals surface area contributed by atoms with Crippen molar-refractivity contribution in [1.82, 2.24) is 20.0 Å². The minimum atomic E-state index is -2.39. The van der Waals surface area contributed by atoms with Crippen LogP contribution in [0.25, 0.3) is 21.9 Å². The quantitative estimate of drug-likeness (QED) is 0.389. The molecule has 29 heavy (non-hydrogen) atoms. The summed E-state index contributed by atoms with van der Waals surface area (Å²) >= 11 is 0. The van der Waals surface area contributed by atoms with Crippen molar-refractivity contribution in [3.05, 3.63) is 24.0 Å². The number of unbranched alkanes of at least 4 members (excludes halogenated alkanes) is 2. The Morgan fingerprint density at radius 1 is 1.21 bits per heavy atom. The third kappa shape index (κ3) is 4.73. The minimum absolute atomic E-state index is 0.377. The first kappa shape index (κ1) is 21.6. The number of imidazole rings is 1. The molecule has 3 N–H and O–H groups in total. The number of benzene rings is 1. The Kier molecular flexibility index (Phi) is 6.81. The molecule has 0 unspecified atom stereocenters. The summed E-state index contributed by atoms with van der Waals surface area (Å²) < 4.78 is 14.4. The first-order chi connectivity index (χ1) is 13.9. The van der Waals surface area contributed by atoms with Crippen LogP contribution in [0.4, 0.5) is 5.82 Å². The Labute approximate surface area is 172 Å². The van der Waals surface area contributed by atoms with Gasteiger partial charge in [-0.3, -0.25) is 0 Å². The fourth-order valence-corrected chi connectivity index (χ4v) is 4.26. The molecule has 0 aliphatic rings. The summed E-state index contributed by atoms with van der Waals surface area (Å²) in [5.74, 6) is 1.25. The van der Waals surface area contributed by atoms with Crippen LogP contribution in [0, 0.1) is 0 Å². The lowest BCUT2D eigenvalue weighted by Crippen LogP contribution is -2.17. The van der Waals surface area contributed by atoms with E-state index in [1.165, 1.54) is 0 Å². The van der Waals surface area contributed by atoms with Gasteiger partial charge in [0, 0.05) is 17.1 Å². The summed E-state index contributed by atoms with van der Waals surface area (Å²) in [7, 11) is -0.435. The Balaban J connectivity index is 2.11. The van der Waals surface area contributed by atoms with Crippen LogP contribution in [0.15, 0.2) is 18.2 Å². The fraction of sp³-hybridized carbons (Fsp3) is 0.524. The molecule has 2 heterocycles. The molecule has 0 fully saturated rings. The zero-order chi connectivity index (χ0) is 21.0. The van der Waals surface area contributed by atoms with Crippen LogP contribution in [0.3, 0.4) is 0 Å². The molecule has 7 nitrogen and oxygen atoms in total. The fourth-order valence-electron chi connectivity index (χ4n) is 3.39. The summed E-state index contributed by atoms with van der Waals surface area (Å²) in [6.45, 7) is 7.25. The number of nitrogens with two attached hydrogens (primary N) is 1. The van der Waals surface area contributed by atoms with Gasteiger partial charge in [-0.05, 0) is 58.3 Å². The Morgan fingerprint density at radius 3 is 2.69 bits per heavy atom. The van der Waals surface area contributed by atoms with Crippen molar-refractivity contribution in [3.63, 3.8) is 0 Å². The molecule has 0 amide bonds.